The minimum absolute atomic E-state index is 0. The van der Waals surface area contributed by atoms with Crippen molar-refractivity contribution in [3.05, 3.63) is 0 Å². The summed E-state index contributed by atoms with van der Waals surface area (Å²) in [4.78, 5) is 0. The van der Waals surface area contributed by atoms with E-state index in [1.165, 1.54) is 0 Å². The molecule has 0 atom stereocenters. The van der Waals surface area contributed by atoms with E-state index in [2.05, 4.69) is 0 Å². The number of hydrogen-bond donors (Lipinski definition) is 0. The molecule has 0 amide bonds. The predicted octanol–water partition coefficient (Wildman–Crippen LogP) is -2.07. The molecule has 0 bridgehead atoms. The van der Waals surface area contributed by atoms with Gasteiger partial charge in [0.05, 0.1) is 0 Å². The van der Waals surface area contributed by atoms with Crippen molar-refractivity contribution in [1.82, 2.24) is 0 Å². The zero-order chi connectivity index (χ0) is 5.91. The van der Waals surface area contributed by atoms with Gasteiger partial charge >= 0.3 is 18.9 Å². The van der Waals surface area contributed by atoms with Crippen molar-refractivity contribution in [3.8, 4) is 0 Å². The Kier molecular flexibility index (Phi) is 6.31. The molecule has 0 rings (SSSR count). The van der Waals surface area contributed by atoms with Crippen molar-refractivity contribution in [2.75, 3.05) is 0 Å². The van der Waals surface area contributed by atoms with E-state index < -0.39 is 5.60 Å². The number of rotatable bonds is 2. The van der Waals surface area contributed by atoms with Crippen molar-refractivity contribution in [1.29, 1.82) is 0 Å². The van der Waals surface area contributed by atoms with Crippen LogP contribution in [-0.2, 0) is 0 Å². The maximum absolute atomic E-state index is 10.7. The van der Waals surface area contributed by atoms with E-state index in [1.54, 1.807) is 13.8 Å². The molecule has 0 unspecified atom stereocenters. The van der Waals surface area contributed by atoms with E-state index in [0.717, 1.165) is 12.8 Å². The Morgan fingerprint density at radius 3 is 1.75 bits per heavy atom. The van der Waals surface area contributed by atoms with Gasteiger partial charge in [0.2, 0.25) is 0 Å². The third-order valence-electron chi connectivity index (χ3n) is 0.852. The fraction of sp³-hybridized carbons (Fsp3) is 1.00. The Hall–Kier alpha value is 0.557. The summed E-state index contributed by atoms with van der Waals surface area (Å²) in [5.41, 5.74) is -0.700. The van der Waals surface area contributed by atoms with Crippen LogP contribution in [0.5, 0.6) is 0 Å². The van der Waals surface area contributed by atoms with Crippen molar-refractivity contribution in [2.24, 2.45) is 0 Å². The van der Waals surface area contributed by atoms with Gasteiger partial charge in [-0.05, 0) is 0 Å². The second kappa shape index (κ2) is 4.44. The van der Waals surface area contributed by atoms with Crippen LogP contribution in [-0.4, -0.2) is 5.60 Å². The van der Waals surface area contributed by atoms with Gasteiger partial charge in [0, 0.05) is 0 Å². The van der Waals surface area contributed by atoms with Crippen LogP contribution in [0.3, 0.4) is 0 Å². The van der Waals surface area contributed by atoms with Gasteiger partial charge in [0.25, 0.3) is 0 Å². The summed E-state index contributed by atoms with van der Waals surface area (Å²) < 4.78 is 0. The third kappa shape index (κ3) is 9.75. The molecule has 0 aliphatic carbocycles. The SMILES string of the molecule is CCCC(C)(C)[O-].[Li+]. The van der Waals surface area contributed by atoms with Crippen LogP contribution in [0.4, 0.5) is 0 Å². The monoisotopic (exact) mass is 108 g/mol. The first-order valence-corrected chi connectivity index (χ1v) is 2.76. The molecule has 0 saturated carbocycles. The first-order chi connectivity index (χ1) is 3.06. The first-order valence-electron chi connectivity index (χ1n) is 2.76. The first kappa shape index (κ1) is 11.4. The molecule has 2 heteroatoms. The summed E-state index contributed by atoms with van der Waals surface area (Å²) in [5, 5.41) is 10.7. The molecular formula is C6H13LiO. The van der Waals surface area contributed by atoms with E-state index in [0.29, 0.717) is 0 Å². The molecule has 0 N–H and O–H groups in total. The molecule has 0 aliphatic rings. The van der Waals surface area contributed by atoms with E-state index >= 15 is 0 Å². The predicted molar refractivity (Wildman–Crippen MR) is 29.0 cm³/mol. The molecule has 0 heterocycles. The average Bonchev–Trinajstić information content (AvgIpc) is 1.30. The van der Waals surface area contributed by atoms with Crippen LogP contribution >= 0.6 is 0 Å². The summed E-state index contributed by atoms with van der Waals surface area (Å²) in [6.07, 6.45) is 1.78. The second-order valence-corrected chi connectivity index (χ2v) is 2.51. The Morgan fingerprint density at radius 1 is 1.38 bits per heavy atom. The molecule has 8 heavy (non-hydrogen) atoms. The maximum Gasteiger partial charge on any atom is 1.00 e. The Bertz CT molecular complexity index is 47.0. The zero-order valence-corrected chi connectivity index (χ0v) is 6.32. The largest absolute Gasteiger partial charge is 1.00 e. The van der Waals surface area contributed by atoms with Gasteiger partial charge in [0.15, 0.2) is 0 Å². The molecule has 0 saturated heterocycles. The summed E-state index contributed by atoms with van der Waals surface area (Å²) in [5.74, 6) is 0. The summed E-state index contributed by atoms with van der Waals surface area (Å²) in [6, 6.07) is 0. The quantitative estimate of drug-likeness (QED) is 0.373. The van der Waals surface area contributed by atoms with E-state index in [4.69, 9.17) is 0 Å². The summed E-state index contributed by atoms with van der Waals surface area (Å²) >= 11 is 0. The molecule has 0 radical (unpaired) electrons. The summed E-state index contributed by atoms with van der Waals surface area (Å²) in [6.45, 7) is 5.46. The molecule has 0 aromatic rings. The molecule has 0 fully saturated rings. The zero-order valence-electron chi connectivity index (χ0n) is 6.32. The van der Waals surface area contributed by atoms with Gasteiger partial charge in [-0.2, -0.15) is 0 Å². The molecule has 1 nitrogen and oxygen atoms in total. The minimum Gasteiger partial charge on any atom is -0.850 e. The van der Waals surface area contributed by atoms with Crippen LogP contribution < -0.4 is 24.0 Å². The van der Waals surface area contributed by atoms with Gasteiger partial charge in [-0.1, -0.05) is 33.6 Å². The van der Waals surface area contributed by atoms with Gasteiger partial charge in [-0.25, -0.2) is 0 Å². The number of hydrogen-bond acceptors (Lipinski definition) is 1. The molecule has 0 spiro atoms. The van der Waals surface area contributed by atoms with E-state index in [9.17, 15) is 5.11 Å². The normalized spacial score (nSPS) is 10.5. The Morgan fingerprint density at radius 2 is 1.75 bits per heavy atom. The van der Waals surface area contributed by atoms with Crippen LogP contribution in [0, 0.1) is 0 Å². The minimum atomic E-state index is -0.700. The van der Waals surface area contributed by atoms with E-state index in [-0.39, 0.29) is 18.9 Å². The van der Waals surface area contributed by atoms with Crippen molar-refractivity contribution in [2.45, 2.75) is 39.2 Å². The standard InChI is InChI=1S/C6H13O.Li/c1-4-5-6(2,3)7;/h4-5H2,1-3H3;/q-1;+1. The molecule has 0 aliphatic heterocycles. The maximum atomic E-state index is 10.7. The third-order valence-corrected chi connectivity index (χ3v) is 0.852. The molecule has 0 aromatic carbocycles. The molecular weight excluding hydrogens is 95.0 g/mol. The fourth-order valence-corrected chi connectivity index (χ4v) is 0.602. The Labute approximate surface area is 63.7 Å². The fourth-order valence-electron chi connectivity index (χ4n) is 0.602. The second-order valence-electron chi connectivity index (χ2n) is 2.51. The average molecular weight is 108 g/mol. The van der Waals surface area contributed by atoms with Crippen LogP contribution in [0.25, 0.3) is 0 Å². The van der Waals surface area contributed by atoms with Crippen LogP contribution in [0.15, 0.2) is 0 Å². The molecule has 0 aromatic heterocycles. The smallest absolute Gasteiger partial charge is 0.850 e. The van der Waals surface area contributed by atoms with Gasteiger partial charge in [0.1, 0.15) is 0 Å². The van der Waals surface area contributed by atoms with Gasteiger partial charge in [-0.15, -0.1) is 5.60 Å². The van der Waals surface area contributed by atoms with Crippen LogP contribution in [0.2, 0.25) is 0 Å². The van der Waals surface area contributed by atoms with Crippen molar-refractivity contribution in [3.63, 3.8) is 0 Å². The topological polar surface area (TPSA) is 23.1 Å². The molecule has 44 valence electrons. The van der Waals surface area contributed by atoms with Crippen molar-refractivity contribution < 1.29 is 24.0 Å². The van der Waals surface area contributed by atoms with Gasteiger partial charge < -0.3 is 5.11 Å². The van der Waals surface area contributed by atoms with Crippen LogP contribution in [0.1, 0.15) is 33.6 Å². The Balaban J connectivity index is 0. The summed E-state index contributed by atoms with van der Waals surface area (Å²) in [7, 11) is 0. The van der Waals surface area contributed by atoms with Gasteiger partial charge in [-0.3, -0.25) is 0 Å². The van der Waals surface area contributed by atoms with E-state index in [1.807, 2.05) is 6.92 Å². The van der Waals surface area contributed by atoms with Crippen molar-refractivity contribution >= 4 is 0 Å².